The van der Waals surface area contributed by atoms with Gasteiger partial charge in [-0.3, -0.25) is 4.98 Å². The monoisotopic (exact) mass is 307 g/mol. The second-order valence-electron chi connectivity index (χ2n) is 4.04. The van der Waals surface area contributed by atoms with E-state index in [1.165, 1.54) is 0 Å². The number of nitrogens with two attached hydrogens (primary N) is 1. The van der Waals surface area contributed by atoms with E-state index in [-0.39, 0.29) is 0 Å². The lowest BCUT2D eigenvalue weighted by molar-refractivity contribution is 0.835. The van der Waals surface area contributed by atoms with E-state index in [1.54, 1.807) is 6.07 Å². The molecule has 18 heavy (non-hydrogen) atoms. The molecular weight excluding hydrogens is 294 g/mol. The summed E-state index contributed by atoms with van der Waals surface area (Å²) in [5, 5.41) is 0. The highest BCUT2D eigenvalue weighted by Gasteiger charge is 2.08. The van der Waals surface area contributed by atoms with Crippen molar-refractivity contribution in [3.63, 3.8) is 0 Å². The Labute approximate surface area is 114 Å². The Morgan fingerprint density at radius 2 is 2.06 bits per heavy atom. The average Bonchev–Trinajstić information content (AvgIpc) is 2.27. The summed E-state index contributed by atoms with van der Waals surface area (Å²) in [4.78, 5) is 14.8. The fourth-order valence-corrected chi connectivity index (χ4v) is 1.99. The molecule has 0 fully saturated rings. The van der Waals surface area contributed by atoms with Crippen molar-refractivity contribution in [2.45, 2.75) is 13.5 Å². The summed E-state index contributed by atoms with van der Waals surface area (Å²) < 4.78 is 0.675. The van der Waals surface area contributed by atoms with Crippen LogP contribution in [-0.2, 0) is 6.54 Å². The third-order valence-corrected chi connectivity index (χ3v) is 2.80. The van der Waals surface area contributed by atoms with Gasteiger partial charge in [0.25, 0.3) is 0 Å². The third kappa shape index (κ3) is 3.16. The quantitative estimate of drug-likeness (QED) is 0.880. The van der Waals surface area contributed by atoms with Crippen LogP contribution in [0.4, 0.5) is 11.8 Å². The lowest BCUT2D eigenvalue weighted by Crippen LogP contribution is -2.20. The molecule has 2 rings (SSSR count). The van der Waals surface area contributed by atoms with Crippen LogP contribution in [0.25, 0.3) is 0 Å². The molecule has 0 radical (unpaired) electrons. The van der Waals surface area contributed by atoms with Crippen molar-refractivity contribution in [1.29, 1.82) is 0 Å². The van der Waals surface area contributed by atoms with Gasteiger partial charge in [-0.25, -0.2) is 4.98 Å². The van der Waals surface area contributed by atoms with Gasteiger partial charge in [-0.15, -0.1) is 0 Å². The summed E-state index contributed by atoms with van der Waals surface area (Å²) in [7, 11) is 1.91. The van der Waals surface area contributed by atoms with Crippen molar-refractivity contribution in [2.75, 3.05) is 17.7 Å². The van der Waals surface area contributed by atoms with Gasteiger partial charge in [-0.05, 0) is 35.0 Å². The van der Waals surface area contributed by atoms with Crippen LogP contribution >= 0.6 is 15.9 Å². The number of anilines is 2. The van der Waals surface area contributed by atoms with E-state index in [9.17, 15) is 0 Å². The summed E-state index contributed by atoms with van der Waals surface area (Å²) in [6.07, 6.45) is 0. The van der Waals surface area contributed by atoms with Gasteiger partial charge in [-0.1, -0.05) is 6.07 Å². The van der Waals surface area contributed by atoms with Gasteiger partial charge in [0.1, 0.15) is 10.4 Å². The summed E-state index contributed by atoms with van der Waals surface area (Å²) in [6.45, 7) is 2.61. The second-order valence-corrected chi connectivity index (χ2v) is 4.85. The fourth-order valence-electron chi connectivity index (χ4n) is 1.59. The number of aryl methyl sites for hydroxylation is 1. The molecule has 6 heteroatoms. The maximum atomic E-state index is 5.69. The number of nitrogens with zero attached hydrogens (tertiary/aromatic N) is 4. The molecule has 0 unspecified atom stereocenters. The Kier molecular flexibility index (Phi) is 3.76. The number of aromatic nitrogens is 3. The van der Waals surface area contributed by atoms with Crippen LogP contribution in [0.1, 0.15) is 11.4 Å². The van der Waals surface area contributed by atoms with Crippen LogP contribution in [0.15, 0.2) is 28.9 Å². The van der Waals surface area contributed by atoms with Gasteiger partial charge in [0, 0.05) is 18.8 Å². The third-order valence-electron chi connectivity index (χ3n) is 2.39. The predicted molar refractivity (Wildman–Crippen MR) is 75.2 cm³/mol. The molecule has 2 heterocycles. The van der Waals surface area contributed by atoms with Crippen LogP contribution in [0.2, 0.25) is 0 Å². The van der Waals surface area contributed by atoms with E-state index in [0.29, 0.717) is 22.9 Å². The van der Waals surface area contributed by atoms with Crippen LogP contribution in [-0.4, -0.2) is 22.0 Å². The van der Waals surface area contributed by atoms with E-state index in [2.05, 4.69) is 30.9 Å². The molecule has 0 aliphatic carbocycles. The van der Waals surface area contributed by atoms with E-state index in [4.69, 9.17) is 5.73 Å². The molecule has 94 valence electrons. The van der Waals surface area contributed by atoms with E-state index in [0.717, 1.165) is 11.4 Å². The molecule has 2 aromatic heterocycles. The van der Waals surface area contributed by atoms with Crippen LogP contribution in [0.3, 0.4) is 0 Å². The molecule has 0 bridgehead atoms. The molecule has 0 aliphatic rings. The number of halogens is 1. The fraction of sp³-hybridized carbons (Fsp3) is 0.250. The first kappa shape index (κ1) is 12.8. The second kappa shape index (κ2) is 5.30. The van der Waals surface area contributed by atoms with Gasteiger partial charge in [0.05, 0.1) is 12.2 Å². The Hall–Kier alpha value is -1.69. The molecule has 2 aromatic rings. The zero-order chi connectivity index (χ0) is 13.1. The Balaban J connectivity index is 2.19. The molecule has 0 saturated heterocycles. The molecule has 0 spiro atoms. The minimum absolute atomic E-state index is 0.441. The number of hydrogen-bond donors (Lipinski definition) is 1. The molecule has 0 atom stereocenters. The first-order chi connectivity index (χ1) is 8.54. The molecule has 5 nitrogen and oxygen atoms in total. The summed E-state index contributed by atoms with van der Waals surface area (Å²) in [5.41, 5.74) is 7.66. The van der Waals surface area contributed by atoms with Gasteiger partial charge >= 0.3 is 0 Å². The lowest BCUT2D eigenvalue weighted by atomic mass is 10.3. The zero-order valence-electron chi connectivity index (χ0n) is 10.3. The van der Waals surface area contributed by atoms with Crippen molar-refractivity contribution in [3.8, 4) is 0 Å². The van der Waals surface area contributed by atoms with Crippen molar-refractivity contribution < 1.29 is 0 Å². The normalized spacial score (nSPS) is 10.4. The van der Waals surface area contributed by atoms with Crippen molar-refractivity contribution in [3.05, 3.63) is 40.3 Å². The van der Waals surface area contributed by atoms with Crippen LogP contribution in [0, 0.1) is 6.92 Å². The Morgan fingerprint density at radius 3 is 2.72 bits per heavy atom. The minimum Gasteiger partial charge on any atom is -0.383 e. The molecule has 0 aromatic carbocycles. The predicted octanol–water partition coefficient (Wildman–Crippen LogP) is 2.16. The highest BCUT2D eigenvalue weighted by molar-refractivity contribution is 9.10. The summed E-state index contributed by atoms with van der Waals surface area (Å²) in [5.74, 6) is 1.01. The molecule has 0 aliphatic heterocycles. The maximum absolute atomic E-state index is 5.69. The molecule has 0 saturated carbocycles. The number of pyridine rings is 1. The number of hydrogen-bond acceptors (Lipinski definition) is 5. The lowest BCUT2D eigenvalue weighted by Gasteiger charge is -2.17. The molecular formula is C12H14BrN5. The topological polar surface area (TPSA) is 67.9 Å². The van der Waals surface area contributed by atoms with E-state index >= 15 is 0 Å². The smallest absolute Gasteiger partial charge is 0.228 e. The summed E-state index contributed by atoms with van der Waals surface area (Å²) >= 11 is 3.30. The molecule has 0 amide bonds. The SMILES string of the molecule is Cc1cccc(CN(C)c2nc(N)cc(Br)n2)n1. The van der Waals surface area contributed by atoms with Gasteiger partial charge < -0.3 is 10.6 Å². The van der Waals surface area contributed by atoms with Crippen LogP contribution < -0.4 is 10.6 Å². The largest absolute Gasteiger partial charge is 0.383 e. The highest BCUT2D eigenvalue weighted by atomic mass is 79.9. The Bertz CT molecular complexity index is 538. The van der Waals surface area contributed by atoms with E-state index < -0.39 is 0 Å². The first-order valence-electron chi connectivity index (χ1n) is 5.48. The zero-order valence-corrected chi connectivity index (χ0v) is 11.8. The van der Waals surface area contributed by atoms with Crippen molar-refractivity contribution in [1.82, 2.24) is 15.0 Å². The summed E-state index contributed by atoms with van der Waals surface area (Å²) in [6, 6.07) is 7.60. The van der Waals surface area contributed by atoms with E-state index in [1.807, 2.05) is 37.1 Å². The van der Waals surface area contributed by atoms with Gasteiger partial charge in [-0.2, -0.15) is 4.98 Å². The Morgan fingerprint density at radius 1 is 1.28 bits per heavy atom. The first-order valence-corrected chi connectivity index (χ1v) is 6.27. The average molecular weight is 308 g/mol. The van der Waals surface area contributed by atoms with Crippen LogP contribution in [0.5, 0.6) is 0 Å². The van der Waals surface area contributed by atoms with Gasteiger partial charge in [0.15, 0.2) is 0 Å². The van der Waals surface area contributed by atoms with Crippen molar-refractivity contribution >= 4 is 27.7 Å². The highest BCUT2D eigenvalue weighted by Crippen LogP contribution is 2.16. The number of nitrogen functional groups attached to an aromatic ring is 1. The standard InChI is InChI=1S/C12H14BrN5/c1-8-4-3-5-9(15-8)7-18(2)12-16-10(13)6-11(14)17-12/h3-6H,7H2,1-2H3,(H2,14,16,17). The molecule has 2 N–H and O–H groups in total. The van der Waals surface area contributed by atoms with Gasteiger partial charge in [0.2, 0.25) is 5.95 Å². The maximum Gasteiger partial charge on any atom is 0.228 e. The minimum atomic E-state index is 0.441. The number of rotatable bonds is 3. The van der Waals surface area contributed by atoms with Crippen molar-refractivity contribution in [2.24, 2.45) is 0 Å².